The Kier molecular flexibility index (Phi) is 9.39. The number of carbonyl (C=O) groups is 1. The molecule has 2 aromatic carbocycles. The Bertz CT molecular complexity index is 728. The van der Waals surface area contributed by atoms with Gasteiger partial charge in [-0.15, -0.1) is 0 Å². The van der Waals surface area contributed by atoms with Gasteiger partial charge in [0.25, 0.3) is 0 Å². The van der Waals surface area contributed by atoms with E-state index in [0.717, 1.165) is 0 Å². The van der Waals surface area contributed by atoms with Crippen LogP contribution in [-0.4, -0.2) is 25.2 Å². The van der Waals surface area contributed by atoms with E-state index in [0.29, 0.717) is 32.2 Å². The fourth-order valence-corrected chi connectivity index (χ4v) is 4.35. The average molecular weight is 410 g/mol. The van der Waals surface area contributed by atoms with Gasteiger partial charge in [0.05, 0.1) is 32.3 Å². The van der Waals surface area contributed by atoms with Crippen LogP contribution >= 0.6 is 0 Å². The van der Waals surface area contributed by atoms with Crippen LogP contribution < -0.4 is 5.32 Å². The lowest BCUT2D eigenvalue weighted by Crippen LogP contribution is -2.42. The number of ether oxygens (including phenoxy) is 2. The maximum absolute atomic E-state index is 12.3. The minimum absolute atomic E-state index is 0.0382. The van der Waals surface area contributed by atoms with Crippen LogP contribution in [0.4, 0.5) is 0 Å². The molecule has 0 radical (unpaired) electrons. The maximum Gasteiger partial charge on any atom is 0.307 e. The third-order valence-electron chi connectivity index (χ3n) is 5.92. The van der Waals surface area contributed by atoms with E-state index in [2.05, 4.69) is 41.7 Å². The Labute approximate surface area is 181 Å². The van der Waals surface area contributed by atoms with E-state index in [1.54, 1.807) is 0 Å². The number of carbonyl (C=O) groups excluding carboxylic acids is 1. The molecule has 0 aliphatic heterocycles. The molecule has 0 bridgehead atoms. The molecule has 3 rings (SSSR count). The summed E-state index contributed by atoms with van der Waals surface area (Å²) >= 11 is 0. The van der Waals surface area contributed by atoms with Crippen molar-refractivity contribution in [2.75, 3.05) is 13.2 Å². The summed E-state index contributed by atoms with van der Waals surface area (Å²) in [6.45, 7) is 3.44. The number of esters is 1. The highest BCUT2D eigenvalue weighted by atomic mass is 16.5. The summed E-state index contributed by atoms with van der Waals surface area (Å²) in [5, 5.41) is 3.79. The van der Waals surface area contributed by atoms with Gasteiger partial charge >= 0.3 is 5.97 Å². The van der Waals surface area contributed by atoms with E-state index in [1.165, 1.54) is 43.2 Å². The lowest BCUT2D eigenvalue weighted by molar-refractivity contribution is -0.144. The van der Waals surface area contributed by atoms with Gasteiger partial charge in [-0.25, -0.2) is 0 Å². The van der Waals surface area contributed by atoms with Crippen molar-refractivity contribution in [2.24, 2.45) is 5.92 Å². The minimum atomic E-state index is -0.113. The topological polar surface area (TPSA) is 47.6 Å². The first-order valence-corrected chi connectivity index (χ1v) is 11.3. The zero-order chi connectivity index (χ0) is 21.0. The predicted octanol–water partition coefficient (Wildman–Crippen LogP) is 5.44. The molecule has 0 heterocycles. The first-order valence-electron chi connectivity index (χ1n) is 11.3. The molecule has 1 saturated carbocycles. The SMILES string of the molecule is CCOC(=O)C[C@@H](N[C@@H](COCc1ccccc1)c1ccccc1)C1CCCCC1. The molecule has 1 fully saturated rings. The Morgan fingerprint density at radius 1 is 1.00 bits per heavy atom. The summed E-state index contributed by atoms with van der Waals surface area (Å²) in [6, 6.07) is 20.8. The highest BCUT2D eigenvalue weighted by Crippen LogP contribution is 2.30. The number of nitrogens with one attached hydrogen (secondary N) is 1. The van der Waals surface area contributed by atoms with Gasteiger partial charge in [-0.2, -0.15) is 0 Å². The molecule has 1 aliphatic carbocycles. The molecule has 0 saturated heterocycles. The molecule has 162 valence electrons. The lowest BCUT2D eigenvalue weighted by atomic mass is 9.82. The van der Waals surface area contributed by atoms with Gasteiger partial charge in [0, 0.05) is 6.04 Å². The van der Waals surface area contributed by atoms with E-state index >= 15 is 0 Å². The van der Waals surface area contributed by atoms with Gasteiger partial charge < -0.3 is 14.8 Å². The van der Waals surface area contributed by atoms with Crippen molar-refractivity contribution in [2.45, 2.75) is 64.1 Å². The highest BCUT2D eigenvalue weighted by Gasteiger charge is 2.29. The molecule has 2 atom stereocenters. The van der Waals surface area contributed by atoms with Gasteiger partial charge in [-0.05, 0) is 36.8 Å². The summed E-state index contributed by atoms with van der Waals surface area (Å²) in [5.74, 6) is 0.390. The van der Waals surface area contributed by atoms with Crippen molar-refractivity contribution in [3.63, 3.8) is 0 Å². The third kappa shape index (κ3) is 7.26. The summed E-state index contributed by atoms with van der Waals surface area (Å²) in [4.78, 5) is 12.3. The van der Waals surface area contributed by atoms with E-state index in [4.69, 9.17) is 9.47 Å². The second-order valence-electron chi connectivity index (χ2n) is 8.14. The normalized spacial score (nSPS) is 16.7. The molecule has 0 spiro atoms. The van der Waals surface area contributed by atoms with Crippen LogP contribution in [0.1, 0.15) is 62.6 Å². The second kappa shape index (κ2) is 12.5. The summed E-state index contributed by atoms with van der Waals surface area (Å²) in [5.41, 5.74) is 2.36. The van der Waals surface area contributed by atoms with Gasteiger partial charge in [0.1, 0.15) is 0 Å². The van der Waals surface area contributed by atoms with Crippen LogP contribution in [0.5, 0.6) is 0 Å². The lowest BCUT2D eigenvalue weighted by Gasteiger charge is -2.34. The maximum atomic E-state index is 12.3. The molecule has 1 aliphatic rings. The number of rotatable bonds is 11. The van der Waals surface area contributed by atoms with Crippen LogP contribution in [-0.2, 0) is 20.9 Å². The van der Waals surface area contributed by atoms with Crippen molar-refractivity contribution in [1.29, 1.82) is 0 Å². The molecular formula is C26H35NO3. The Morgan fingerprint density at radius 3 is 2.33 bits per heavy atom. The van der Waals surface area contributed by atoms with Crippen molar-refractivity contribution >= 4 is 5.97 Å². The Balaban J connectivity index is 1.69. The molecule has 2 aromatic rings. The van der Waals surface area contributed by atoms with Gasteiger partial charge in [0.15, 0.2) is 0 Å². The molecule has 30 heavy (non-hydrogen) atoms. The van der Waals surface area contributed by atoms with Crippen LogP contribution in [0.25, 0.3) is 0 Å². The van der Waals surface area contributed by atoms with Crippen molar-refractivity contribution in [3.05, 3.63) is 71.8 Å². The van der Waals surface area contributed by atoms with Crippen LogP contribution in [0.15, 0.2) is 60.7 Å². The molecule has 0 unspecified atom stereocenters. The second-order valence-corrected chi connectivity index (χ2v) is 8.14. The smallest absolute Gasteiger partial charge is 0.307 e. The van der Waals surface area contributed by atoms with Crippen molar-refractivity contribution in [1.82, 2.24) is 5.32 Å². The molecule has 0 amide bonds. The summed E-state index contributed by atoms with van der Waals surface area (Å²) < 4.78 is 11.4. The van der Waals surface area contributed by atoms with E-state index < -0.39 is 0 Å². The fourth-order valence-electron chi connectivity index (χ4n) is 4.35. The molecule has 4 heteroatoms. The van der Waals surface area contributed by atoms with Crippen LogP contribution in [0.2, 0.25) is 0 Å². The van der Waals surface area contributed by atoms with E-state index in [9.17, 15) is 4.79 Å². The highest BCUT2D eigenvalue weighted by molar-refractivity contribution is 5.70. The zero-order valence-corrected chi connectivity index (χ0v) is 18.1. The summed E-state index contributed by atoms with van der Waals surface area (Å²) in [7, 11) is 0. The Hall–Kier alpha value is -2.17. The van der Waals surface area contributed by atoms with Crippen LogP contribution in [0.3, 0.4) is 0 Å². The Morgan fingerprint density at radius 2 is 1.67 bits per heavy atom. The summed E-state index contributed by atoms with van der Waals surface area (Å²) in [6.07, 6.45) is 6.54. The van der Waals surface area contributed by atoms with Gasteiger partial charge in [0.2, 0.25) is 0 Å². The largest absolute Gasteiger partial charge is 0.466 e. The van der Waals surface area contributed by atoms with Crippen molar-refractivity contribution in [3.8, 4) is 0 Å². The zero-order valence-electron chi connectivity index (χ0n) is 18.1. The van der Waals surface area contributed by atoms with Gasteiger partial charge in [-0.3, -0.25) is 4.79 Å². The third-order valence-corrected chi connectivity index (χ3v) is 5.92. The first kappa shape index (κ1) is 22.5. The molecular weight excluding hydrogens is 374 g/mol. The predicted molar refractivity (Wildman–Crippen MR) is 120 cm³/mol. The number of hydrogen-bond donors (Lipinski definition) is 1. The van der Waals surface area contributed by atoms with Gasteiger partial charge in [-0.1, -0.05) is 79.9 Å². The first-order chi connectivity index (χ1) is 14.8. The van der Waals surface area contributed by atoms with E-state index in [1.807, 2.05) is 31.2 Å². The quantitative estimate of drug-likeness (QED) is 0.502. The number of benzene rings is 2. The minimum Gasteiger partial charge on any atom is -0.466 e. The molecule has 1 N–H and O–H groups in total. The van der Waals surface area contributed by atoms with Crippen molar-refractivity contribution < 1.29 is 14.3 Å². The van der Waals surface area contributed by atoms with Crippen LogP contribution in [0, 0.1) is 5.92 Å². The fraction of sp³-hybridized carbons (Fsp3) is 0.500. The average Bonchev–Trinajstić information content (AvgIpc) is 2.80. The number of hydrogen-bond acceptors (Lipinski definition) is 4. The standard InChI is InChI=1S/C26H35NO3/c1-2-30-26(28)18-24(22-14-8-4-9-15-22)27-25(23-16-10-5-11-17-23)20-29-19-21-12-6-3-7-13-21/h3,5-7,10-13,16-17,22,24-25,27H,2,4,8-9,14-15,18-20H2,1H3/t24-,25+/m1/s1. The molecule has 0 aromatic heterocycles. The monoisotopic (exact) mass is 409 g/mol. The van der Waals surface area contributed by atoms with E-state index in [-0.39, 0.29) is 18.1 Å². The molecule has 4 nitrogen and oxygen atoms in total.